The fourth-order valence-electron chi connectivity index (χ4n) is 2.91. The van der Waals surface area contributed by atoms with E-state index in [2.05, 4.69) is 4.98 Å². The molecular formula is C19H19N3O6. The Morgan fingerprint density at radius 1 is 0.929 bits per heavy atom. The Hall–Kier alpha value is -3.75. The highest BCUT2D eigenvalue weighted by Gasteiger charge is 2.20. The molecule has 0 saturated heterocycles. The predicted molar refractivity (Wildman–Crippen MR) is 102 cm³/mol. The minimum Gasteiger partial charge on any atom is -0.493 e. The highest BCUT2D eigenvalue weighted by molar-refractivity contribution is 5.69. The molecule has 0 aliphatic carbocycles. The summed E-state index contributed by atoms with van der Waals surface area (Å²) in [7, 11) is 5.97. The van der Waals surface area contributed by atoms with Crippen molar-refractivity contribution >= 4 is 5.69 Å². The highest BCUT2D eigenvalue weighted by atomic mass is 16.6. The number of rotatable bonds is 7. The summed E-state index contributed by atoms with van der Waals surface area (Å²) in [5, 5.41) is 11.3. The third kappa shape index (κ3) is 3.29. The molecule has 146 valence electrons. The van der Waals surface area contributed by atoms with Gasteiger partial charge in [-0.2, -0.15) is 0 Å². The van der Waals surface area contributed by atoms with E-state index in [1.54, 1.807) is 41.2 Å². The van der Waals surface area contributed by atoms with Crippen molar-refractivity contribution in [3.05, 3.63) is 52.8 Å². The van der Waals surface area contributed by atoms with E-state index < -0.39 is 4.92 Å². The van der Waals surface area contributed by atoms with Crippen LogP contribution in [0, 0.1) is 10.1 Å². The number of nitro benzene ring substituents is 1. The molecule has 0 unspecified atom stereocenters. The Labute approximate surface area is 161 Å². The minimum atomic E-state index is -0.488. The molecule has 1 aromatic heterocycles. The SMILES string of the molecule is COc1ccc(-n2ccnc2-c2cc(OC)c(OC)c(OC)c2)cc1[N+](=O)[O-]. The molecule has 0 bridgehead atoms. The van der Waals surface area contributed by atoms with Crippen LogP contribution in [-0.2, 0) is 0 Å². The third-order valence-corrected chi connectivity index (χ3v) is 4.20. The Morgan fingerprint density at radius 3 is 2.11 bits per heavy atom. The first-order valence-electron chi connectivity index (χ1n) is 8.20. The second kappa shape index (κ2) is 7.87. The first-order chi connectivity index (χ1) is 13.5. The normalized spacial score (nSPS) is 10.4. The predicted octanol–water partition coefficient (Wildman–Crippen LogP) is 3.48. The van der Waals surface area contributed by atoms with E-state index in [1.165, 1.54) is 34.5 Å². The Bertz CT molecular complexity index is 990. The average Bonchev–Trinajstić information content (AvgIpc) is 3.21. The molecule has 0 radical (unpaired) electrons. The third-order valence-electron chi connectivity index (χ3n) is 4.20. The van der Waals surface area contributed by atoms with E-state index >= 15 is 0 Å². The molecule has 2 aromatic carbocycles. The molecule has 0 atom stereocenters. The lowest BCUT2D eigenvalue weighted by atomic mass is 10.1. The molecule has 9 heteroatoms. The number of benzene rings is 2. The van der Waals surface area contributed by atoms with Crippen LogP contribution in [0.3, 0.4) is 0 Å². The van der Waals surface area contributed by atoms with Gasteiger partial charge in [0.2, 0.25) is 5.75 Å². The van der Waals surface area contributed by atoms with Crippen molar-refractivity contribution in [1.82, 2.24) is 9.55 Å². The number of hydrogen-bond acceptors (Lipinski definition) is 7. The lowest BCUT2D eigenvalue weighted by Crippen LogP contribution is -2.01. The van der Waals surface area contributed by atoms with Crippen molar-refractivity contribution in [2.75, 3.05) is 28.4 Å². The molecule has 0 spiro atoms. The minimum absolute atomic E-state index is 0.135. The maximum Gasteiger partial charge on any atom is 0.312 e. The van der Waals surface area contributed by atoms with Crippen LogP contribution in [0.5, 0.6) is 23.0 Å². The van der Waals surface area contributed by atoms with Crippen molar-refractivity contribution in [1.29, 1.82) is 0 Å². The number of nitrogens with zero attached hydrogens (tertiary/aromatic N) is 3. The number of imidazole rings is 1. The summed E-state index contributed by atoms with van der Waals surface area (Å²) >= 11 is 0. The standard InChI is InChI=1S/C19H19N3O6/c1-25-15-6-5-13(11-14(15)22(23)24)21-8-7-20-19(21)12-9-16(26-2)18(28-4)17(10-12)27-3/h5-11H,1-4H3. The van der Waals surface area contributed by atoms with E-state index in [0.717, 1.165) is 0 Å². The molecule has 0 fully saturated rings. The number of aromatic nitrogens is 2. The molecule has 1 heterocycles. The van der Waals surface area contributed by atoms with Gasteiger partial charge in [-0.15, -0.1) is 0 Å². The molecule has 3 rings (SSSR count). The molecule has 0 aliphatic rings. The van der Waals surface area contributed by atoms with Crippen LogP contribution in [0.15, 0.2) is 42.7 Å². The number of nitro groups is 1. The summed E-state index contributed by atoms with van der Waals surface area (Å²) in [5.74, 6) is 2.16. The van der Waals surface area contributed by atoms with Gasteiger partial charge in [-0.25, -0.2) is 4.98 Å². The summed E-state index contributed by atoms with van der Waals surface area (Å²) in [4.78, 5) is 15.3. The molecule has 0 aliphatic heterocycles. The van der Waals surface area contributed by atoms with Crippen LogP contribution in [-0.4, -0.2) is 42.9 Å². The first kappa shape index (κ1) is 19.0. The Kier molecular flexibility index (Phi) is 5.35. The van der Waals surface area contributed by atoms with Gasteiger partial charge >= 0.3 is 5.69 Å². The summed E-state index contributed by atoms with van der Waals surface area (Å²) in [6.07, 6.45) is 3.32. The maximum absolute atomic E-state index is 11.3. The van der Waals surface area contributed by atoms with Gasteiger partial charge in [0.1, 0.15) is 5.82 Å². The van der Waals surface area contributed by atoms with Crippen molar-refractivity contribution < 1.29 is 23.9 Å². The zero-order chi connectivity index (χ0) is 20.3. The van der Waals surface area contributed by atoms with Crippen LogP contribution in [0.25, 0.3) is 17.1 Å². The van der Waals surface area contributed by atoms with Gasteiger partial charge in [0.05, 0.1) is 39.0 Å². The van der Waals surface area contributed by atoms with E-state index in [-0.39, 0.29) is 11.4 Å². The second-order valence-corrected chi connectivity index (χ2v) is 5.65. The fraction of sp³-hybridized carbons (Fsp3) is 0.211. The van der Waals surface area contributed by atoms with Gasteiger partial charge in [0.25, 0.3) is 0 Å². The van der Waals surface area contributed by atoms with E-state index in [9.17, 15) is 10.1 Å². The van der Waals surface area contributed by atoms with Crippen molar-refractivity contribution in [3.8, 4) is 40.1 Å². The van der Waals surface area contributed by atoms with E-state index in [0.29, 0.717) is 34.3 Å². The lowest BCUT2D eigenvalue weighted by molar-refractivity contribution is -0.385. The molecule has 0 N–H and O–H groups in total. The summed E-state index contributed by atoms with van der Waals surface area (Å²) in [6, 6.07) is 8.22. The molecule has 0 saturated carbocycles. The molecular weight excluding hydrogens is 366 g/mol. The van der Waals surface area contributed by atoms with Crippen molar-refractivity contribution in [2.24, 2.45) is 0 Å². The smallest absolute Gasteiger partial charge is 0.312 e. The fourth-order valence-corrected chi connectivity index (χ4v) is 2.91. The zero-order valence-corrected chi connectivity index (χ0v) is 15.8. The van der Waals surface area contributed by atoms with Crippen LogP contribution in [0.4, 0.5) is 5.69 Å². The van der Waals surface area contributed by atoms with Crippen molar-refractivity contribution in [2.45, 2.75) is 0 Å². The van der Waals surface area contributed by atoms with Crippen molar-refractivity contribution in [3.63, 3.8) is 0 Å². The van der Waals surface area contributed by atoms with Gasteiger partial charge in [0.15, 0.2) is 17.2 Å². The van der Waals surface area contributed by atoms with Gasteiger partial charge in [-0.05, 0) is 24.3 Å². The maximum atomic E-state index is 11.3. The molecule has 9 nitrogen and oxygen atoms in total. The number of hydrogen-bond donors (Lipinski definition) is 0. The topological polar surface area (TPSA) is 97.9 Å². The van der Waals surface area contributed by atoms with E-state index in [1.807, 2.05) is 0 Å². The average molecular weight is 385 g/mol. The Morgan fingerprint density at radius 2 is 1.57 bits per heavy atom. The van der Waals surface area contributed by atoms with E-state index in [4.69, 9.17) is 18.9 Å². The van der Waals surface area contributed by atoms with Gasteiger partial charge in [0, 0.05) is 24.0 Å². The summed E-state index contributed by atoms with van der Waals surface area (Å²) in [5.41, 5.74) is 1.12. The highest BCUT2D eigenvalue weighted by Crippen LogP contribution is 2.41. The van der Waals surface area contributed by atoms with Crippen LogP contribution in [0.1, 0.15) is 0 Å². The van der Waals surface area contributed by atoms with Crippen LogP contribution >= 0.6 is 0 Å². The van der Waals surface area contributed by atoms with Crippen LogP contribution in [0.2, 0.25) is 0 Å². The Balaban J connectivity index is 2.16. The largest absolute Gasteiger partial charge is 0.493 e. The molecule has 3 aromatic rings. The van der Waals surface area contributed by atoms with Gasteiger partial charge in [-0.3, -0.25) is 14.7 Å². The van der Waals surface area contributed by atoms with Gasteiger partial charge < -0.3 is 18.9 Å². The summed E-state index contributed by atoms with van der Waals surface area (Å²) < 4.78 is 22.9. The second-order valence-electron chi connectivity index (χ2n) is 5.65. The monoisotopic (exact) mass is 385 g/mol. The number of methoxy groups -OCH3 is 4. The first-order valence-corrected chi connectivity index (χ1v) is 8.20. The quantitative estimate of drug-likeness (QED) is 0.453. The van der Waals surface area contributed by atoms with Crippen LogP contribution < -0.4 is 18.9 Å². The van der Waals surface area contributed by atoms with Gasteiger partial charge in [-0.1, -0.05) is 0 Å². The number of ether oxygens (including phenoxy) is 4. The molecule has 0 amide bonds. The summed E-state index contributed by atoms with van der Waals surface area (Å²) in [6.45, 7) is 0. The molecule has 28 heavy (non-hydrogen) atoms. The lowest BCUT2D eigenvalue weighted by Gasteiger charge is -2.15. The zero-order valence-electron chi connectivity index (χ0n) is 15.8.